The summed E-state index contributed by atoms with van der Waals surface area (Å²) in [6.07, 6.45) is 1.39. The summed E-state index contributed by atoms with van der Waals surface area (Å²) in [7, 11) is 4.47. The Labute approximate surface area is 175 Å². The van der Waals surface area contributed by atoms with E-state index in [9.17, 15) is 18.8 Å². The largest absolute Gasteiger partial charge is 0.494 e. The highest BCUT2D eigenvalue weighted by atomic mass is 32.1. The first kappa shape index (κ1) is 21.4. The van der Waals surface area contributed by atoms with E-state index in [0.29, 0.717) is 21.3 Å². The number of likely N-dealkylation sites (N-methyl/N-ethyl adjacent to an activating group) is 1. The molecular weight excluding hydrogens is 413 g/mol. The van der Waals surface area contributed by atoms with Crippen molar-refractivity contribution in [3.05, 3.63) is 56.7 Å². The molecule has 0 saturated carbocycles. The van der Waals surface area contributed by atoms with Crippen LogP contribution in [0.2, 0.25) is 0 Å². The fraction of sp³-hybridized carbons (Fsp3) is 0.300. The van der Waals surface area contributed by atoms with Crippen molar-refractivity contribution in [1.29, 1.82) is 0 Å². The molecule has 0 fully saturated rings. The monoisotopic (exact) mass is 433 g/mol. The number of hydrogen-bond acceptors (Lipinski definition) is 7. The van der Waals surface area contributed by atoms with Crippen LogP contribution in [0.3, 0.4) is 0 Å². The number of nitrogens with zero attached hydrogens (tertiary/aromatic N) is 3. The van der Waals surface area contributed by atoms with Crippen LogP contribution in [0.15, 0.2) is 29.3 Å². The zero-order valence-electron chi connectivity index (χ0n) is 16.9. The molecule has 1 aromatic carbocycles. The Balaban J connectivity index is 1.65. The number of ether oxygens (including phenoxy) is 2. The van der Waals surface area contributed by atoms with E-state index in [1.54, 1.807) is 20.0 Å². The number of esters is 1. The molecule has 0 radical (unpaired) electrons. The normalized spacial score (nSPS) is 10.8. The van der Waals surface area contributed by atoms with Crippen molar-refractivity contribution < 1.29 is 23.5 Å². The van der Waals surface area contributed by atoms with Gasteiger partial charge in [0, 0.05) is 20.6 Å². The lowest BCUT2D eigenvalue weighted by Gasteiger charge is -2.17. The number of carbonyl (C=O) groups excluding carboxylic acids is 2. The van der Waals surface area contributed by atoms with Crippen LogP contribution in [0.1, 0.15) is 20.8 Å². The minimum Gasteiger partial charge on any atom is -0.494 e. The lowest BCUT2D eigenvalue weighted by molar-refractivity contribution is -0.133. The number of amides is 1. The summed E-state index contributed by atoms with van der Waals surface area (Å²) in [5, 5.41) is 0.363. The molecule has 10 heteroatoms. The first-order valence-electron chi connectivity index (χ1n) is 8.91. The van der Waals surface area contributed by atoms with E-state index in [-0.39, 0.29) is 22.7 Å². The number of benzene rings is 1. The average Bonchev–Trinajstić information content (AvgIpc) is 3.06. The summed E-state index contributed by atoms with van der Waals surface area (Å²) in [5.41, 5.74) is 0.788. The predicted molar refractivity (Wildman–Crippen MR) is 109 cm³/mol. The number of aromatic nitrogens is 2. The number of carbonyl (C=O) groups is 2. The zero-order chi connectivity index (χ0) is 22.0. The molecule has 3 rings (SSSR count). The molecule has 158 valence electrons. The smallest absolute Gasteiger partial charge is 0.349 e. The molecule has 30 heavy (non-hydrogen) atoms. The highest BCUT2D eigenvalue weighted by Crippen LogP contribution is 2.27. The molecule has 0 spiro atoms. The Morgan fingerprint density at radius 3 is 2.73 bits per heavy atom. The van der Waals surface area contributed by atoms with Gasteiger partial charge >= 0.3 is 5.97 Å². The van der Waals surface area contributed by atoms with Gasteiger partial charge in [-0.2, -0.15) is 0 Å². The van der Waals surface area contributed by atoms with Crippen molar-refractivity contribution in [3.8, 4) is 5.75 Å². The Hall–Kier alpha value is -3.27. The van der Waals surface area contributed by atoms with E-state index in [1.165, 1.54) is 42.1 Å². The van der Waals surface area contributed by atoms with Crippen LogP contribution in [0.5, 0.6) is 5.75 Å². The molecule has 2 heterocycles. The molecule has 0 aliphatic rings. The van der Waals surface area contributed by atoms with Gasteiger partial charge in [-0.15, -0.1) is 11.3 Å². The van der Waals surface area contributed by atoms with Crippen LogP contribution in [0.4, 0.5) is 4.39 Å². The number of halogens is 1. The number of hydrogen-bond donors (Lipinski definition) is 0. The highest BCUT2D eigenvalue weighted by molar-refractivity contribution is 7.20. The molecule has 0 bridgehead atoms. The quantitative estimate of drug-likeness (QED) is 0.554. The van der Waals surface area contributed by atoms with Crippen molar-refractivity contribution in [2.45, 2.75) is 13.5 Å². The van der Waals surface area contributed by atoms with E-state index < -0.39 is 24.3 Å². The van der Waals surface area contributed by atoms with Gasteiger partial charge < -0.3 is 18.9 Å². The van der Waals surface area contributed by atoms with Crippen molar-refractivity contribution >= 4 is 33.4 Å². The first-order valence-corrected chi connectivity index (χ1v) is 9.72. The fourth-order valence-corrected chi connectivity index (χ4v) is 3.91. The van der Waals surface area contributed by atoms with Gasteiger partial charge in [-0.3, -0.25) is 9.59 Å². The molecule has 0 atom stereocenters. The van der Waals surface area contributed by atoms with Crippen LogP contribution in [-0.2, 0) is 23.1 Å². The molecule has 8 nitrogen and oxygen atoms in total. The Morgan fingerprint density at radius 1 is 1.33 bits per heavy atom. The first-order chi connectivity index (χ1) is 14.2. The third-order valence-corrected chi connectivity index (χ3v) is 5.76. The maximum absolute atomic E-state index is 13.8. The Morgan fingerprint density at radius 2 is 2.07 bits per heavy atom. The summed E-state index contributed by atoms with van der Waals surface area (Å²) in [6.45, 7) is 1.30. The van der Waals surface area contributed by atoms with Crippen LogP contribution in [-0.4, -0.2) is 47.1 Å². The number of methoxy groups -OCH3 is 1. The Bertz CT molecular complexity index is 1190. The topological polar surface area (TPSA) is 90.7 Å². The summed E-state index contributed by atoms with van der Waals surface area (Å²) < 4.78 is 25.1. The van der Waals surface area contributed by atoms with E-state index in [2.05, 4.69) is 4.98 Å². The molecule has 0 unspecified atom stereocenters. The summed E-state index contributed by atoms with van der Waals surface area (Å²) in [5.74, 6) is -1.56. The van der Waals surface area contributed by atoms with E-state index in [4.69, 9.17) is 9.47 Å². The van der Waals surface area contributed by atoms with Gasteiger partial charge in [0.25, 0.3) is 11.5 Å². The van der Waals surface area contributed by atoms with Crippen molar-refractivity contribution in [1.82, 2.24) is 14.5 Å². The number of thiophene rings is 1. The molecule has 0 aliphatic carbocycles. The predicted octanol–water partition coefficient (Wildman–Crippen LogP) is 2.27. The summed E-state index contributed by atoms with van der Waals surface area (Å²) >= 11 is 1.05. The Kier molecular flexibility index (Phi) is 6.16. The molecule has 0 saturated heterocycles. The van der Waals surface area contributed by atoms with Crippen LogP contribution in [0.25, 0.3) is 10.2 Å². The van der Waals surface area contributed by atoms with Crippen molar-refractivity contribution in [2.24, 2.45) is 7.05 Å². The van der Waals surface area contributed by atoms with Gasteiger partial charge in [0.15, 0.2) is 18.2 Å². The second-order valence-electron chi connectivity index (χ2n) is 6.69. The maximum atomic E-state index is 13.8. The van der Waals surface area contributed by atoms with Crippen molar-refractivity contribution in [3.63, 3.8) is 0 Å². The second-order valence-corrected chi connectivity index (χ2v) is 7.69. The van der Waals surface area contributed by atoms with E-state index in [1.807, 2.05) is 0 Å². The van der Waals surface area contributed by atoms with Gasteiger partial charge in [-0.1, -0.05) is 6.07 Å². The standard InChI is InChI=1S/C20H20FN3O5S/c1-11-16-18(22-10-24(3)19(16)26)30-17(11)20(27)29-9-15(25)23(2)8-12-5-6-14(28-4)13(21)7-12/h5-7,10H,8-9H2,1-4H3. The van der Waals surface area contributed by atoms with Gasteiger partial charge in [-0.05, 0) is 30.2 Å². The van der Waals surface area contributed by atoms with Crippen molar-refractivity contribution in [2.75, 3.05) is 20.8 Å². The van der Waals surface area contributed by atoms with Gasteiger partial charge in [-0.25, -0.2) is 14.2 Å². The third kappa shape index (κ3) is 4.18. The van der Waals surface area contributed by atoms with Gasteiger partial charge in [0.1, 0.15) is 9.71 Å². The fourth-order valence-electron chi connectivity index (χ4n) is 2.88. The highest BCUT2D eigenvalue weighted by Gasteiger charge is 2.21. The zero-order valence-corrected chi connectivity index (χ0v) is 17.7. The van der Waals surface area contributed by atoms with Crippen LogP contribution >= 0.6 is 11.3 Å². The van der Waals surface area contributed by atoms with E-state index >= 15 is 0 Å². The summed E-state index contributed by atoms with van der Waals surface area (Å²) in [4.78, 5) is 43.2. The van der Waals surface area contributed by atoms with Gasteiger partial charge in [0.05, 0.1) is 18.8 Å². The minimum atomic E-state index is -0.699. The van der Waals surface area contributed by atoms with Crippen LogP contribution in [0, 0.1) is 12.7 Å². The minimum absolute atomic E-state index is 0.115. The van der Waals surface area contributed by atoms with Gasteiger partial charge in [0.2, 0.25) is 0 Å². The number of fused-ring (bicyclic) bond motifs is 1. The van der Waals surface area contributed by atoms with Crippen LogP contribution < -0.4 is 10.3 Å². The molecule has 0 N–H and O–H groups in total. The molecule has 0 aliphatic heterocycles. The molecule has 3 aromatic rings. The number of rotatable bonds is 6. The van der Waals surface area contributed by atoms with E-state index in [0.717, 1.165) is 11.3 Å². The average molecular weight is 433 g/mol. The second kappa shape index (κ2) is 8.62. The third-order valence-electron chi connectivity index (χ3n) is 4.58. The maximum Gasteiger partial charge on any atom is 0.349 e. The molecule has 1 amide bonds. The molecular formula is C20H20FN3O5S. The summed E-state index contributed by atoms with van der Waals surface area (Å²) in [6, 6.07) is 4.40. The lowest BCUT2D eigenvalue weighted by atomic mass is 10.2. The lowest BCUT2D eigenvalue weighted by Crippen LogP contribution is -2.30. The SMILES string of the molecule is COc1ccc(CN(C)C(=O)COC(=O)c2sc3ncn(C)c(=O)c3c2C)cc1F. The number of aryl methyl sites for hydroxylation is 2. The molecule has 2 aromatic heterocycles.